The molecule has 2 aromatic rings. The third-order valence-corrected chi connectivity index (χ3v) is 2.24. The molecule has 0 saturated heterocycles. The van der Waals surface area contributed by atoms with Gasteiger partial charge >= 0.3 is 11.4 Å². The van der Waals surface area contributed by atoms with Gasteiger partial charge in [0, 0.05) is 0 Å². The first-order valence-electron chi connectivity index (χ1n) is 4.55. The Morgan fingerprint density at radius 3 is 2.53 bits per heavy atom. The van der Waals surface area contributed by atoms with Crippen LogP contribution in [0.25, 0.3) is 11.2 Å². The van der Waals surface area contributed by atoms with Crippen molar-refractivity contribution in [2.45, 2.75) is 13.2 Å². The van der Waals surface area contributed by atoms with E-state index in [2.05, 4.69) is 9.97 Å². The number of hydrogen-bond acceptors (Lipinski definition) is 5. The molecule has 2 heterocycles. The van der Waals surface area contributed by atoms with Gasteiger partial charge in [-0.15, -0.1) is 0 Å². The van der Waals surface area contributed by atoms with Crippen LogP contribution in [0.4, 0.5) is 0 Å². The molecule has 1 atom stereocenters. The van der Waals surface area contributed by atoms with Crippen LogP contribution in [0, 0.1) is 11.5 Å². The van der Waals surface area contributed by atoms with Crippen LogP contribution >= 0.6 is 0 Å². The van der Waals surface area contributed by atoms with E-state index in [1.54, 1.807) is 0 Å². The van der Waals surface area contributed by atoms with Gasteiger partial charge in [0.1, 0.15) is 6.23 Å². The number of fused-ring (bicyclic) bond motifs is 1. The highest BCUT2D eigenvalue weighted by Crippen LogP contribution is 2.04. The second kappa shape index (κ2) is 3.46. The van der Waals surface area contributed by atoms with Crippen LogP contribution in [0.2, 0.25) is 0 Å². The Kier molecular flexibility index (Phi) is 2.22. The molecule has 0 radical (unpaired) electrons. The predicted octanol–water partition coefficient (Wildman–Crippen LogP) is -1.98. The Morgan fingerprint density at radius 2 is 2.00 bits per heavy atom. The first-order valence-corrected chi connectivity index (χ1v) is 4.55. The summed E-state index contributed by atoms with van der Waals surface area (Å²) in [7, 11) is 0. The zero-order valence-corrected chi connectivity index (χ0v) is 8.59. The molecule has 0 bridgehead atoms. The molecule has 0 saturated carbocycles. The quantitative estimate of drug-likeness (QED) is 0.527. The fraction of sp³-hybridized carbons (Fsp3) is 0.250. The van der Waals surface area contributed by atoms with Gasteiger partial charge in [0.2, 0.25) is 0 Å². The first kappa shape index (κ1) is 10.9. The molecule has 0 aliphatic carbocycles. The van der Waals surface area contributed by atoms with Crippen molar-refractivity contribution in [3.8, 4) is 6.19 Å². The van der Waals surface area contributed by atoms with Crippen molar-refractivity contribution in [2.24, 2.45) is 0 Å². The highest BCUT2D eigenvalue weighted by molar-refractivity contribution is 5.69. The van der Waals surface area contributed by atoms with Crippen LogP contribution in [0.5, 0.6) is 0 Å². The molecular formula is C8H7N5O4. The molecule has 0 amide bonds. The minimum Gasteiger partial charge on any atom is -0.373 e. The molecule has 0 fully saturated rings. The minimum absolute atomic E-state index is 0.147. The Balaban J connectivity index is 3.19. The first-order chi connectivity index (χ1) is 7.97. The van der Waals surface area contributed by atoms with E-state index < -0.39 is 23.2 Å². The van der Waals surface area contributed by atoms with Crippen molar-refractivity contribution in [3.63, 3.8) is 0 Å². The van der Waals surface area contributed by atoms with E-state index in [-0.39, 0.29) is 15.7 Å². The van der Waals surface area contributed by atoms with Gasteiger partial charge in [-0.2, -0.15) is 9.83 Å². The molecule has 2 rings (SSSR count). The van der Waals surface area contributed by atoms with Gasteiger partial charge in [0.15, 0.2) is 17.4 Å². The molecule has 0 aliphatic rings. The molecule has 2 aromatic heterocycles. The van der Waals surface area contributed by atoms with Gasteiger partial charge < -0.3 is 5.11 Å². The number of aliphatic hydroxyl groups excluding tert-OH is 1. The molecule has 0 spiro atoms. The van der Waals surface area contributed by atoms with Crippen molar-refractivity contribution in [1.82, 2.24) is 19.1 Å². The summed E-state index contributed by atoms with van der Waals surface area (Å²) < 4.78 is 0.983. The Morgan fingerprint density at radius 1 is 1.35 bits per heavy atom. The Bertz CT molecular complexity index is 796. The molecule has 9 nitrogen and oxygen atoms in total. The zero-order chi connectivity index (χ0) is 12.7. The van der Waals surface area contributed by atoms with E-state index in [4.69, 9.17) is 5.26 Å². The van der Waals surface area contributed by atoms with Crippen LogP contribution in [0.15, 0.2) is 14.4 Å². The van der Waals surface area contributed by atoms with Crippen molar-refractivity contribution in [1.29, 1.82) is 5.26 Å². The second-order valence-corrected chi connectivity index (χ2v) is 3.33. The van der Waals surface area contributed by atoms with Gasteiger partial charge in [-0.3, -0.25) is 19.3 Å². The fourth-order valence-corrected chi connectivity index (χ4v) is 1.55. The van der Waals surface area contributed by atoms with Crippen molar-refractivity contribution in [3.05, 3.63) is 31.3 Å². The number of nitriles is 1. The van der Waals surface area contributed by atoms with E-state index in [0.29, 0.717) is 0 Å². The summed E-state index contributed by atoms with van der Waals surface area (Å²) in [5.74, 6) is 0. The average Bonchev–Trinajstić information content (AvgIpc) is 2.60. The van der Waals surface area contributed by atoms with Crippen LogP contribution in [0.1, 0.15) is 13.2 Å². The number of aliphatic hydroxyl groups is 1. The predicted molar refractivity (Wildman–Crippen MR) is 55.4 cm³/mol. The van der Waals surface area contributed by atoms with Crippen molar-refractivity contribution >= 4 is 11.2 Å². The van der Waals surface area contributed by atoms with Gasteiger partial charge in [-0.25, -0.2) is 9.59 Å². The number of hydrogen-bond donors (Lipinski definition) is 3. The molecule has 3 N–H and O–H groups in total. The smallest absolute Gasteiger partial charge is 0.348 e. The third kappa shape index (κ3) is 1.39. The second-order valence-electron chi connectivity index (χ2n) is 3.33. The Labute approximate surface area is 92.2 Å². The number of H-pyrrole nitrogens is 2. The molecular weight excluding hydrogens is 230 g/mol. The van der Waals surface area contributed by atoms with Crippen LogP contribution in [-0.2, 0) is 0 Å². The highest BCUT2D eigenvalue weighted by Gasteiger charge is 2.17. The zero-order valence-electron chi connectivity index (χ0n) is 8.59. The number of aromatic nitrogens is 4. The van der Waals surface area contributed by atoms with Gasteiger partial charge in [-0.05, 0) is 6.92 Å². The molecule has 88 valence electrons. The van der Waals surface area contributed by atoms with Gasteiger partial charge in [-0.1, -0.05) is 0 Å². The molecule has 1 unspecified atom stereocenters. The standard InChI is InChI=1S/C8H7N5O4/c1-3(14)13-5-4(10-7(16)11-5)6(15)12(2-9)8(13)17/h3,14H,1H3,(H2,10,11,16). The molecule has 0 aromatic carbocycles. The number of nitrogens with zero attached hydrogens (tertiary/aromatic N) is 3. The lowest BCUT2D eigenvalue weighted by molar-refractivity contribution is 0.122. The number of nitrogens with one attached hydrogen (secondary N) is 2. The normalized spacial score (nSPS) is 12.5. The minimum atomic E-state index is -1.29. The van der Waals surface area contributed by atoms with Gasteiger partial charge in [0.25, 0.3) is 5.56 Å². The number of imidazole rings is 1. The summed E-state index contributed by atoms with van der Waals surface area (Å²) in [5, 5.41) is 18.1. The summed E-state index contributed by atoms with van der Waals surface area (Å²) in [5.41, 5.74) is -3.05. The fourth-order valence-electron chi connectivity index (χ4n) is 1.55. The summed E-state index contributed by atoms with van der Waals surface area (Å²) in [4.78, 5) is 38.8. The van der Waals surface area contributed by atoms with E-state index >= 15 is 0 Å². The lowest BCUT2D eigenvalue weighted by Gasteiger charge is -2.09. The average molecular weight is 237 g/mol. The van der Waals surface area contributed by atoms with Crippen LogP contribution in [-0.4, -0.2) is 24.2 Å². The van der Waals surface area contributed by atoms with Crippen LogP contribution < -0.4 is 16.9 Å². The number of rotatable bonds is 1. The molecule has 9 heteroatoms. The largest absolute Gasteiger partial charge is 0.373 e. The number of aromatic amines is 2. The SMILES string of the molecule is CC(O)n1c(=O)n(C#N)c(=O)c2[nH]c(=O)[nH]c21. The van der Waals surface area contributed by atoms with E-state index in [1.165, 1.54) is 13.1 Å². The van der Waals surface area contributed by atoms with Crippen molar-refractivity contribution < 1.29 is 5.11 Å². The highest BCUT2D eigenvalue weighted by atomic mass is 16.3. The summed E-state index contributed by atoms with van der Waals surface area (Å²) in [6.45, 7) is 1.26. The van der Waals surface area contributed by atoms with Crippen molar-refractivity contribution in [2.75, 3.05) is 0 Å². The monoisotopic (exact) mass is 237 g/mol. The lowest BCUT2D eigenvalue weighted by atomic mass is 10.5. The van der Waals surface area contributed by atoms with E-state index in [9.17, 15) is 19.5 Å². The maximum Gasteiger partial charge on any atom is 0.348 e. The third-order valence-electron chi connectivity index (χ3n) is 2.24. The molecule has 0 aliphatic heterocycles. The maximum absolute atomic E-state index is 11.7. The van der Waals surface area contributed by atoms with E-state index in [1.807, 2.05) is 0 Å². The van der Waals surface area contributed by atoms with Gasteiger partial charge in [0.05, 0.1) is 0 Å². The Hall–Kier alpha value is -2.60. The van der Waals surface area contributed by atoms with Crippen LogP contribution in [0.3, 0.4) is 0 Å². The maximum atomic E-state index is 11.7. The van der Waals surface area contributed by atoms with E-state index in [0.717, 1.165) is 4.57 Å². The summed E-state index contributed by atoms with van der Waals surface area (Å²) in [6.07, 6.45) is 0.0892. The summed E-state index contributed by atoms with van der Waals surface area (Å²) >= 11 is 0. The lowest BCUT2D eigenvalue weighted by Crippen LogP contribution is -2.39. The summed E-state index contributed by atoms with van der Waals surface area (Å²) in [6, 6.07) is 0. The topological polar surface area (TPSA) is 137 Å². The molecule has 17 heavy (non-hydrogen) atoms.